The molecule has 0 fully saturated rings. The summed E-state index contributed by atoms with van der Waals surface area (Å²) in [5.41, 5.74) is 8.52. The third kappa shape index (κ3) is 3.20. The molecule has 0 aliphatic carbocycles. The molecule has 0 atom stereocenters. The lowest BCUT2D eigenvalue weighted by Crippen LogP contribution is -2.10. The summed E-state index contributed by atoms with van der Waals surface area (Å²) in [6, 6.07) is 16.4. The Kier molecular flexibility index (Phi) is 4.20. The normalized spacial score (nSPS) is 11.0. The van der Waals surface area contributed by atoms with Gasteiger partial charge in [-0.2, -0.15) is 0 Å². The highest BCUT2D eigenvalue weighted by Gasteiger charge is 2.08. The van der Waals surface area contributed by atoms with E-state index in [1.807, 2.05) is 30.3 Å². The number of rotatable bonds is 5. The van der Waals surface area contributed by atoms with E-state index in [1.165, 1.54) is 0 Å². The maximum absolute atomic E-state index is 9.38. The number of hydrogen-bond donors (Lipinski definition) is 2. The van der Waals surface area contributed by atoms with Gasteiger partial charge in [-0.1, -0.05) is 11.3 Å². The summed E-state index contributed by atoms with van der Waals surface area (Å²) in [6.07, 6.45) is 1.80. The minimum Gasteiger partial charge on any atom is -0.508 e. The molecule has 3 N–H and O–H groups in total. The zero-order chi connectivity index (χ0) is 17.9. The first-order chi connectivity index (χ1) is 12.7. The van der Waals surface area contributed by atoms with E-state index in [2.05, 4.69) is 15.3 Å². The average Bonchev–Trinajstić information content (AvgIpc) is 3.16. The van der Waals surface area contributed by atoms with Crippen LogP contribution in [0.3, 0.4) is 0 Å². The third-order valence-corrected chi connectivity index (χ3v) is 3.92. The molecule has 4 rings (SSSR count). The number of nitrogens with zero attached hydrogens (tertiary/aromatic N) is 4. The predicted octanol–water partition coefficient (Wildman–Crippen LogP) is 2.53. The van der Waals surface area contributed by atoms with Crippen molar-refractivity contribution in [1.82, 2.24) is 20.0 Å². The molecular weight excluding hydrogens is 330 g/mol. The number of phenolic OH excluding ortho intramolecular Hbond substituents is 1. The van der Waals surface area contributed by atoms with Crippen molar-refractivity contribution in [3.63, 3.8) is 0 Å². The van der Waals surface area contributed by atoms with Crippen LogP contribution in [0, 0.1) is 0 Å². The van der Waals surface area contributed by atoms with Crippen LogP contribution in [0.15, 0.2) is 60.8 Å². The number of phenols is 1. The maximum Gasteiger partial charge on any atom is 0.131 e. The van der Waals surface area contributed by atoms with Gasteiger partial charge in [0.2, 0.25) is 0 Å². The number of benzene rings is 2. The zero-order valence-electron chi connectivity index (χ0n) is 13.9. The highest BCUT2D eigenvalue weighted by atomic mass is 16.5. The molecule has 0 radical (unpaired) electrons. The Hall–Kier alpha value is -3.45. The molecular formula is C19H17N5O2. The average molecular weight is 347 g/mol. The number of hydrogen-bond acceptors (Lipinski definition) is 6. The highest BCUT2D eigenvalue weighted by molar-refractivity contribution is 5.82. The molecule has 0 spiro atoms. The standard InChI is InChI=1S/C19H17N5O2/c20-9-10-26-16-6-8-17-13(11-16)1-7-18(21-17)19-12-24(23-22-19)14-2-4-15(25)5-3-14/h1-8,11-12,25H,9-10,20H2. The first-order valence-electron chi connectivity index (χ1n) is 8.19. The van der Waals surface area contributed by atoms with Crippen LogP contribution in [-0.2, 0) is 0 Å². The fourth-order valence-electron chi connectivity index (χ4n) is 2.63. The van der Waals surface area contributed by atoms with Gasteiger partial charge in [0.25, 0.3) is 0 Å². The summed E-state index contributed by atoms with van der Waals surface area (Å²) >= 11 is 0. The maximum atomic E-state index is 9.38. The van der Waals surface area contributed by atoms with Gasteiger partial charge in [-0.3, -0.25) is 0 Å². The molecule has 0 bridgehead atoms. The molecule has 7 nitrogen and oxygen atoms in total. The monoisotopic (exact) mass is 347 g/mol. The van der Waals surface area contributed by atoms with Gasteiger partial charge in [-0.15, -0.1) is 5.10 Å². The summed E-state index contributed by atoms with van der Waals surface area (Å²) in [7, 11) is 0. The second-order valence-corrected chi connectivity index (χ2v) is 5.75. The van der Waals surface area contributed by atoms with Crippen LogP contribution < -0.4 is 10.5 Å². The first-order valence-corrected chi connectivity index (χ1v) is 8.19. The van der Waals surface area contributed by atoms with E-state index in [4.69, 9.17) is 10.5 Å². The number of fused-ring (bicyclic) bond motifs is 1. The Bertz CT molecular complexity index is 1040. The predicted molar refractivity (Wildman–Crippen MR) is 98.3 cm³/mol. The molecule has 4 aromatic rings. The number of ether oxygens (including phenoxy) is 1. The van der Waals surface area contributed by atoms with E-state index in [-0.39, 0.29) is 5.75 Å². The second-order valence-electron chi connectivity index (χ2n) is 5.75. The van der Waals surface area contributed by atoms with Crippen molar-refractivity contribution in [1.29, 1.82) is 0 Å². The van der Waals surface area contributed by atoms with Gasteiger partial charge in [0.1, 0.15) is 23.8 Å². The van der Waals surface area contributed by atoms with Gasteiger partial charge in [0.05, 0.1) is 23.1 Å². The van der Waals surface area contributed by atoms with E-state index in [1.54, 1.807) is 35.1 Å². The third-order valence-electron chi connectivity index (χ3n) is 3.92. The Labute approximate surface area is 149 Å². The minimum absolute atomic E-state index is 0.208. The van der Waals surface area contributed by atoms with Crippen molar-refractivity contribution in [3.8, 4) is 28.6 Å². The highest BCUT2D eigenvalue weighted by Crippen LogP contribution is 2.23. The summed E-state index contributed by atoms with van der Waals surface area (Å²) in [5, 5.41) is 18.7. The van der Waals surface area contributed by atoms with Gasteiger partial charge in [0, 0.05) is 11.9 Å². The quantitative estimate of drug-likeness (QED) is 0.575. The molecule has 7 heteroatoms. The van der Waals surface area contributed by atoms with E-state index in [9.17, 15) is 5.11 Å². The van der Waals surface area contributed by atoms with Crippen molar-refractivity contribution in [3.05, 3.63) is 60.8 Å². The van der Waals surface area contributed by atoms with Crippen molar-refractivity contribution in [2.24, 2.45) is 5.73 Å². The van der Waals surface area contributed by atoms with E-state index in [0.717, 1.165) is 28.0 Å². The van der Waals surface area contributed by atoms with E-state index < -0.39 is 0 Å². The number of nitrogens with two attached hydrogens (primary N) is 1. The SMILES string of the molecule is NCCOc1ccc2nc(-c3cn(-c4ccc(O)cc4)nn3)ccc2c1. The molecule has 0 aliphatic heterocycles. The lowest BCUT2D eigenvalue weighted by atomic mass is 10.2. The van der Waals surface area contributed by atoms with Gasteiger partial charge < -0.3 is 15.6 Å². The van der Waals surface area contributed by atoms with Crippen LogP contribution in [0.2, 0.25) is 0 Å². The molecule has 0 saturated heterocycles. The van der Waals surface area contributed by atoms with Crippen LogP contribution >= 0.6 is 0 Å². The molecule has 2 heterocycles. The van der Waals surface area contributed by atoms with Gasteiger partial charge in [-0.05, 0) is 48.5 Å². The Morgan fingerprint density at radius 3 is 2.65 bits per heavy atom. The molecule has 0 saturated carbocycles. The Morgan fingerprint density at radius 1 is 1.00 bits per heavy atom. The van der Waals surface area contributed by atoms with Crippen LogP contribution in [0.25, 0.3) is 28.0 Å². The summed E-state index contributed by atoms with van der Waals surface area (Å²) < 4.78 is 7.19. The van der Waals surface area contributed by atoms with Gasteiger partial charge in [0.15, 0.2) is 0 Å². The molecule has 26 heavy (non-hydrogen) atoms. The van der Waals surface area contributed by atoms with Crippen LogP contribution in [0.1, 0.15) is 0 Å². The second kappa shape index (κ2) is 6.81. The molecule has 2 aromatic carbocycles. The van der Waals surface area contributed by atoms with Crippen LogP contribution in [0.5, 0.6) is 11.5 Å². The summed E-state index contributed by atoms with van der Waals surface area (Å²) in [5.74, 6) is 0.982. The van der Waals surface area contributed by atoms with Crippen molar-refractivity contribution >= 4 is 10.9 Å². The Balaban J connectivity index is 1.63. The number of pyridine rings is 1. The largest absolute Gasteiger partial charge is 0.508 e. The lowest BCUT2D eigenvalue weighted by Gasteiger charge is -2.06. The molecule has 130 valence electrons. The molecule has 0 unspecified atom stereocenters. The topological polar surface area (TPSA) is 99.1 Å². The Morgan fingerprint density at radius 2 is 1.85 bits per heavy atom. The zero-order valence-corrected chi connectivity index (χ0v) is 13.9. The van der Waals surface area contributed by atoms with Crippen molar-refractivity contribution < 1.29 is 9.84 Å². The summed E-state index contributed by atoms with van der Waals surface area (Å²) in [6.45, 7) is 0.962. The van der Waals surface area contributed by atoms with Gasteiger partial charge >= 0.3 is 0 Å². The molecule has 0 amide bonds. The van der Waals surface area contributed by atoms with E-state index >= 15 is 0 Å². The fourth-order valence-corrected chi connectivity index (χ4v) is 2.63. The van der Waals surface area contributed by atoms with Crippen LogP contribution in [0.4, 0.5) is 0 Å². The molecule has 0 aliphatic rings. The van der Waals surface area contributed by atoms with Gasteiger partial charge in [-0.25, -0.2) is 9.67 Å². The smallest absolute Gasteiger partial charge is 0.131 e. The van der Waals surface area contributed by atoms with E-state index in [0.29, 0.717) is 18.8 Å². The number of aromatic nitrogens is 4. The number of aromatic hydroxyl groups is 1. The van der Waals surface area contributed by atoms with Crippen LogP contribution in [-0.4, -0.2) is 38.2 Å². The molecule has 2 aromatic heterocycles. The van der Waals surface area contributed by atoms with Crippen molar-refractivity contribution in [2.75, 3.05) is 13.2 Å². The minimum atomic E-state index is 0.208. The van der Waals surface area contributed by atoms with Crippen molar-refractivity contribution in [2.45, 2.75) is 0 Å². The summed E-state index contributed by atoms with van der Waals surface area (Å²) in [4.78, 5) is 4.65. The fraction of sp³-hybridized carbons (Fsp3) is 0.105. The lowest BCUT2D eigenvalue weighted by molar-refractivity contribution is 0.329. The first kappa shape index (κ1) is 16.0.